The van der Waals surface area contributed by atoms with Crippen molar-refractivity contribution in [3.8, 4) is 5.75 Å². The van der Waals surface area contributed by atoms with Crippen LogP contribution in [-0.4, -0.2) is 37.6 Å². The van der Waals surface area contributed by atoms with Crippen LogP contribution >= 0.6 is 0 Å². The van der Waals surface area contributed by atoms with Gasteiger partial charge in [0.05, 0.1) is 13.0 Å². The highest BCUT2D eigenvalue weighted by molar-refractivity contribution is 5.77. The van der Waals surface area contributed by atoms with Gasteiger partial charge in [-0.15, -0.1) is 0 Å². The molecule has 0 unspecified atom stereocenters. The number of carbonyl (C=O) groups is 1. The second kappa shape index (κ2) is 6.70. The lowest BCUT2D eigenvalue weighted by Gasteiger charge is -2.15. The van der Waals surface area contributed by atoms with E-state index in [2.05, 4.69) is 4.90 Å². The molecule has 0 spiro atoms. The number of ether oxygens (including phenoxy) is 1. The molecule has 1 aliphatic heterocycles. The quantitative estimate of drug-likeness (QED) is 0.860. The Morgan fingerprint density at radius 3 is 2.95 bits per heavy atom. The molecule has 1 aliphatic rings. The van der Waals surface area contributed by atoms with Gasteiger partial charge in [0.1, 0.15) is 0 Å². The second-order valence-corrected chi connectivity index (χ2v) is 5.26. The molecule has 1 saturated heterocycles. The van der Waals surface area contributed by atoms with Gasteiger partial charge in [-0.2, -0.15) is 0 Å². The Labute approximate surface area is 118 Å². The lowest BCUT2D eigenvalue weighted by atomic mass is 10.1. The minimum Gasteiger partial charge on any atom is -0.494 e. The topological polar surface area (TPSA) is 55.6 Å². The van der Waals surface area contributed by atoms with Crippen LogP contribution in [0.5, 0.6) is 5.75 Å². The molecule has 1 aromatic carbocycles. The Morgan fingerprint density at radius 2 is 2.35 bits per heavy atom. The number of halogens is 1. The van der Waals surface area contributed by atoms with Gasteiger partial charge in [-0.05, 0) is 50.0 Å². The fraction of sp³-hybridized carbons (Fsp3) is 0.533. The third-order valence-corrected chi connectivity index (χ3v) is 3.83. The van der Waals surface area contributed by atoms with Crippen LogP contribution in [0.3, 0.4) is 0 Å². The number of rotatable bonds is 6. The van der Waals surface area contributed by atoms with Crippen molar-refractivity contribution in [2.24, 2.45) is 11.7 Å². The van der Waals surface area contributed by atoms with Gasteiger partial charge >= 0.3 is 0 Å². The zero-order valence-corrected chi connectivity index (χ0v) is 11.8. The molecule has 2 rings (SSSR count). The maximum absolute atomic E-state index is 13.5. The summed E-state index contributed by atoms with van der Waals surface area (Å²) in [5.74, 6) is -0.254. The number of primary amides is 1. The van der Waals surface area contributed by atoms with E-state index in [9.17, 15) is 9.18 Å². The highest BCUT2D eigenvalue weighted by Crippen LogP contribution is 2.19. The van der Waals surface area contributed by atoms with E-state index in [-0.39, 0.29) is 23.4 Å². The Balaban J connectivity index is 1.76. The molecule has 0 bridgehead atoms. The molecule has 1 heterocycles. The summed E-state index contributed by atoms with van der Waals surface area (Å²) in [5.41, 5.74) is 6.27. The van der Waals surface area contributed by atoms with Crippen molar-refractivity contribution < 1.29 is 13.9 Å². The summed E-state index contributed by atoms with van der Waals surface area (Å²) in [6.07, 6.45) is 2.61. The smallest absolute Gasteiger partial charge is 0.221 e. The van der Waals surface area contributed by atoms with E-state index in [1.165, 1.54) is 13.2 Å². The maximum atomic E-state index is 13.5. The number of benzene rings is 1. The summed E-state index contributed by atoms with van der Waals surface area (Å²) in [7, 11) is 1.46. The number of methoxy groups -OCH3 is 1. The monoisotopic (exact) mass is 280 g/mol. The highest BCUT2D eigenvalue weighted by atomic mass is 19.1. The SMILES string of the molecule is COc1ccc(CCCN2CC[C@H](C(N)=O)C2)cc1F. The predicted octanol–water partition coefficient (Wildman–Crippen LogP) is 1.57. The Bertz CT molecular complexity index is 479. The summed E-state index contributed by atoms with van der Waals surface area (Å²) in [5, 5.41) is 0. The number of hydrogen-bond acceptors (Lipinski definition) is 3. The molecular formula is C15H21FN2O2. The number of carbonyl (C=O) groups excluding carboxylic acids is 1. The first-order valence-electron chi connectivity index (χ1n) is 6.94. The third-order valence-electron chi connectivity index (χ3n) is 3.83. The van der Waals surface area contributed by atoms with E-state index in [0.717, 1.165) is 44.5 Å². The predicted molar refractivity (Wildman–Crippen MR) is 75.0 cm³/mol. The van der Waals surface area contributed by atoms with Crippen molar-refractivity contribution in [2.75, 3.05) is 26.7 Å². The number of aryl methyl sites for hydroxylation is 1. The van der Waals surface area contributed by atoms with Gasteiger partial charge in [0.25, 0.3) is 0 Å². The lowest BCUT2D eigenvalue weighted by Crippen LogP contribution is -2.28. The summed E-state index contributed by atoms with van der Waals surface area (Å²) in [4.78, 5) is 13.3. The van der Waals surface area contributed by atoms with Crippen molar-refractivity contribution in [3.05, 3.63) is 29.6 Å². The van der Waals surface area contributed by atoms with Crippen LogP contribution < -0.4 is 10.5 Å². The van der Waals surface area contributed by atoms with E-state index in [1.54, 1.807) is 6.07 Å². The molecule has 1 fully saturated rings. The zero-order chi connectivity index (χ0) is 14.5. The molecule has 1 atom stereocenters. The molecule has 1 amide bonds. The van der Waals surface area contributed by atoms with Crippen molar-refractivity contribution in [2.45, 2.75) is 19.3 Å². The molecule has 110 valence electrons. The van der Waals surface area contributed by atoms with Gasteiger partial charge in [-0.25, -0.2) is 4.39 Å². The first-order chi connectivity index (χ1) is 9.60. The van der Waals surface area contributed by atoms with Crippen LogP contribution in [0.2, 0.25) is 0 Å². The number of hydrogen-bond donors (Lipinski definition) is 1. The van der Waals surface area contributed by atoms with Gasteiger partial charge in [0, 0.05) is 6.54 Å². The number of nitrogens with zero attached hydrogens (tertiary/aromatic N) is 1. The van der Waals surface area contributed by atoms with Crippen LogP contribution in [0.25, 0.3) is 0 Å². The van der Waals surface area contributed by atoms with Gasteiger partial charge in [-0.3, -0.25) is 4.79 Å². The van der Waals surface area contributed by atoms with E-state index in [4.69, 9.17) is 10.5 Å². The molecule has 1 aromatic rings. The van der Waals surface area contributed by atoms with Gasteiger partial charge in [-0.1, -0.05) is 6.07 Å². The number of nitrogens with two attached hydrogens (primary N) is 1. The third kappa shape index (κ3) is 3.70. The van der Waals surface area contributed by atoms with Gasteiger partial charge < -0.3 is 15.4 Å². The fourth-order valence-corrected chi connectivity index (χ4v) is 2.64. The molecule has 0 radical (unpaired) electrons. The van der Waals surface area contributed by atoms with Crippen LogP contribution in [0.15, 0.2) is 18.2 Å². The van der Waals surface area contributed by atoms with Crippen LogP contribution in [0.1, 0.15) is 18.4 Å². The molecule has 5 heteroatoms. The van der Waals surface area contributed by atoms with Crippen molar-refractivity contribution in [3.63, 3.8) is 0 Å². The normalized spacial score (nSPS) is 19.2. The Hall–Kier alpha value is -1.62. The van der Waals surface area contributed by atoms with Gasteiger partial charge in [0.2, 0.25) is 5.91 Å². The van der Waals surface area contributed by atoms with Gasteiger partial charge in [0.15, 0.2) is 11.6 Å². The average molecular weight is 280 g/mol. The average Bonchev–Trinajstić information content (AvgIpc) is 2.88. The Kier molecular flexibility index (Phi) is 4.95. The van der Waals surface area contributed by atoms with Crippen molar-refractivity contribution in [1.82, 2.24) is 4.90 Å². The second-order valence-electron chi connectivity index (χ2n) is 5.26. The van der Waals surface area contributed by atoms with Crippen molar-refractivity contribution in [1.29, 1.82) is 0 Å². The highest BCUT2D eigenvalue weighted by Gasteiger charge is 2.25. The summed E-state index contributed by atoms with van der Waals surface area (Å²) < 4.78 is 18.4. The van der Waals surface area contributed by atoms with Crippen LogP contribution in [0, 0.1) is 11.7 Å². The standard InChI is InChI=1S/C15H21FN2O2/c1-20-14-5-4-11(9-13(14)16)3-2-7-18-8-6-12(10-18)15(17)19/h4-5,9,12H,2-3,6-8,10H2,1H3,(H2,17,19)/t12-/m0/s1. The van der Waals surface area contributed by atoms with E-state index in [1.807, 2.05) is 6.07 Å². The molecule has 2 N–H and O–H groups in total. The number of likely N-dealkylation sites (tertiary alicyclic amines) is 1. The fourth-order valence-electron chi connectivity index (χ4n) is 2.64. The molecular weight excluding hydrogens is 259 g/mol. The first-order valence-corrected chi connectivity index (χ1v) is 6.94. The summed E-state index contributed by atoms with van der Waals surface area (Å²) in [6.45, 7) is 2.59. The van der Waals surface area contributed by atoms with Crippen molar-refractivity contribution >= 4 is 5.91 Å². The molecule has 0 saturated carbocycles. The molecule has 0 aromatic heterocycles. The summed E-state index contributed by atoms with van der Waals surface area (Å²) >= 11 is 0. The van der Waals surface area contributed by atoms with E-state index >= 15 is 0 Å². The molecule has 0 aliphatic carbocycles. The minimum atomic E-state index is -0.319. The zero-order valence-electron chi connectivity index (χ0n) is 11.8. The van der Waals surface area contributed by atoms with E-state index in [0.29, 0.717) is 0 Å². The van der Waals surface area contributed by atoms with E-state index < -0.39 is 0 Å². The lowest BCUT2D eigenvalue weighted by molar-refractivity contribution is -0.121. The minimum absolute atomic E-state index is 0.00608. The Morgan fingerprint density at radius 1 is 1.55 bits per heavy atom. The number of amides is 1. The van der Waals surface area contributed by atoms with Crippen LogP contribution in [-0.2, 0) is 11.2 Å². The van der Waals surface area contributed by atoms with Crippen LogP contribution in [0.4, 0.5) is 4.39 Å². The summed E-state index contributed by atoms with van der Waals surface area (Å²) in [6, 6.07) is 5.07. The largest absolute Gasteiger partial charge is 0.494 e. The maximum Gasteiger partial charge on any atom is 0.221 e. The molecule has 20 heavy (non-hydrogen) atoms. The first kappa shape index (κ1) is 14.8. The molecule has 4 nitrogen and oxygen atoms in total.